The predicted octanol–water partition coefficient (Wildman–Crippen LogP) is 12.9. The first-order chi connectivity index (χ1) is 22.5. The molecule has 1 aliphatic carbocycles. The smallest absolute Gasteiger partial charge is 0.136 e. The van der Waals surface area contributed by atoms with E-state index >= 15 is 0 Å². The molecule has 0 aliphatic heterocycles. The molecule has 218 valence electrons. The van der Waals surface area contributed by atoms with Gasteiger partial charge >= 0.3 is 0 Å². The molecule has 0 N–H and O–H groups in total. The van der Waals surface area contributed by atoms with Crippen molar-refractivity contribution in [2.45, 2.75) is 19.3 Å². The summed E-state index contributed by atoms with van der Waals surface area (Å²) >= 11 is 1.86. The van der Waals surface area contributed by atoms with Crippen molar-refractivity contribution in [1.29, 1.82) is 0 Å². The van der Waals surface area contributed by atoms with Gasteiger partial charge in [-0.05, 0) is 82.1 Å². The van der Waals surface area contributed by atoms with Crippen LogP contribution in [0.3, 0.4) is 0 Å². The molecule has 10 rings (SSSR count). The topological polar surface area (TPSA) is 16.4 Å². The first-order valence-corrected chi connectivity index (χ1v) is 16.7. The Balaban J connectivity index is 1.24. The fourth-order valence-electron chi connectivity index (χ4n) is 7.80. The highest BCUT2D eigenvalue weighted by Crippen LogP contribution is 2.54. The van der Waals surface area contributed by atoms with Crippen molar-refractivity contribution in [3.8, 4) is 11.1 Å². The molecule has 3 heteroatoms. The van der Waals surface area contributed by atoms with Gasteiger partial charge in [0.1, 0.15) is 11.2 Å². The lowest BCUT2D eigenvalue weighted by atomic mass is 9.82. The van der Waals surface area contributed by atoms with E-state index in [0.29, 0.717) is 0 Å². The molecule has 9 aromatic rings. The van der Waals surface area contributed by atoms with Crippen LogP contribution in [-0.2, 0) is 5.41 Å². The van der Waals surface area contributed by atoms with Gasteiger partial charge in [0.15, 0.2) is 0 Å². The Bertz CT molecular complexity index is 2690. The van der Waals surface area contributed by atoms with Gasteiger partial charge in [0.2, 0.25) is 0 Å². The van der Waals surface area contributed by atoms with Crippen LogP contribution in [-0.4, -0.2) is 0 Å². The van der Waals surface area contributed by atoms with Crippen molar-refractivity contribution >= 4 is 81.3 Å². The van der Waals surface area contributed by atoms with E-state index in [1.165, 1.54) is 53.5 Å². The number of anilines is 3. The van der Waals surface area contributed by atoms with Gasteiger partial charge in [-0.15, -0.1) is 11.3 Å². The average Bonchev–Trinajstić information content (AvgIpc) is 3.71. The fraction of sp³-hybridized carbons (Fsp3) is 0.0698. The second kappa shape index (κ2) is 9.32. The number of hydrogen-bond donors (Lipinski definition) is 0. The first-order valence-electron chi connectivity index (χ1n) is 15.8. The van der Waals surface area contributed by atoms with E-state index in [4.69, 9.17) is 4.42 Å². The van der Waals surface area contributed by atoms with E-state index in [2.05, 4.69) is 146 Å². The monoisotopic (exact) mass is 607 g/mol. The van der Waals surface area contributed by atoms with Gasteiger partial charge in [0.25, 0.3) is 0 Å². The zero-order chi connectivity index (χ0) is 30.6. The molecular weight excluding hydrogens is 579 g/mol. The molecular formula is C43H29NOS. The number of hydrogen-bond acceptors (Lipinski definition) is 3. The normalized spacial score (nSPS) is 13.6. The zero-order valence-electron chi connectivity index (χ0n) is 25.5. The molecule has 2 nitrogen and oxygen atoms in total. The summed E-state index contributed by atoms with van der Waals surface area (Å²) in [5, 5.41) is 7.29. The van der Waals surface area contributed by atoms with Gasteiger partial charge in [-0.1, -0.05) is 98.8 Å². The van der Waals surface area contributed by atoms with Crippen LogP contribution in [0.15, 0.2) is 144 Å². The third kappa shape index (κ3) is 3.58. The van der Waals surface area contributed by atoms with Gasteiger partial charge in [-0.3, -0.25) is 0 Å². The lowest BCUT2D eigenvalue weighted by Gasteiger charge is -2.29. The third-order valence-corrected chi connectivity index (χ3v) is 11.2. The summed E-state index contributed by atoms with van der Waals surface area (Å²) in [7, 11) is 0. The number of rotatable bonds is 3. The van der Waals surface area contributed by atoms with Crippen molar-refractivity contribution in [1.82, 2.24) is 0 Å². The second-order valence-electron chi connectivity index (χ2n) is 13.0. The van der Waals surface area contributed by atoms with Gasteiger partial charge in [0.05, 0.1) is 5.69 Å². The van der Waals surface area contributed by atoms with Crippen molar-refractivity contribution in [3.63, 3.8) is 0 Å². The van der Waals surface area contributed by atoms with Gasteiger partial charge < -0.3 is 9.32 Å². The third-order valence-electron chi connectivity index (χ3n) is 10.0. The Morgan fingerprint density at radius 3 is 2.20 bits per heavy atom. The Hall–Kier alpha value is -5.38. The predicted molar refractivity (Wildman–Crippen MR) is 196 cm³/mol. The van der Waals surface area contributed by atoms with E-state index in [1.807, 2.05) is 23.5 Å². The molecule has 0 radical (unpaired) electrons. The minimum absolute atomic E-state index is 0.0840. The molecule has 0 unspecified atom stereocenters. The summed E-state index contributed by atoms with van der Waals surface area (Å²) in [6.07, 6.45) is 0. The van der Waals surface area contributed by atoms with Crippen LogP contribution in [0.2, 0.25) is 0 Å². The summed E-state index contributed by atoms with van der Waals surface area (Å²) in [5.41, 5.74) is 10.6. The Morgan fingerprint density at radius 1 is 0.522 bits per heavy atom. The maximum Gasteiger partial charge on any atom is 0.136 e. The minimum Gasteiger partial charge on any atom is -0.456 e. The largest absolute Gasteiger partial charge is 0.456 e. The van der Waals surface area contributed by atoms with Gasteiger partial charge in [-0.25, -0.2) is 0 Å². The number of nitrogens with zero attached hydrogens (tertiary/aromatic N) is 1. The highest BCUT2D eigenvalue weighted by atomic mass is 32.1. The van der Waals surface area contributed by atoms with Crippen molar-refractivity contribution in [3.05, 3.63) is 151 Å². The zero-order valence-corrected chi connectivity index (χ0v) is 26.4. The highest BCUT2D eigenvalue weighted by molar-refractivity contribution is 7.25. The van der Waals surface area contributed by atoms with Crippen LogP contribution in [0.4, 0.5) is 17.1 Å². The SMILES string of the molecule is CC1(C)c2ccccc2-c2c(N(c3ccc4cc5c(cc4c3)oc3ccccc35)c3ccc4c(c3)sc3ccccc34)cccc21. The summed E-state index contributed by atoms with van der Waals surface area (Å²) in [6, 6.07) is 51.1. The van der Waals surface area contributed by atoms with Crippen LogP contribution >= 0.6 is 11.3 Å². The van der Waals surface area contributed by atoms with E-state index in [9.17, 15) is 0 Å². The van der Waals surface area contributed by atoms with Crippen molar-refractivity contribution < 1.29 is 4.42 Å². The van der Waals surface area contributed by atoms with Crippen LogP contribution in [0.25, 0.3) is 64.0 Å². The standard InChI is InChI=1S/C43H29NOS/c1-43(2)35-13-6-3-12-33(35)42-36(43)14-9-15-37(42)44(29-20-21-32-31-11-5-8-17-40(31)46-41(32)25-29)28-19-18-26-23-34-30-10-4-7-16-38(30)45-39(34)24-27(26)22-28/h3-25H,1-2H3. The lowest BCUT2D eigenvalue weighted by Crippen LogP contribution is -2.16. The van der Waals surface area contributed by atoms with Crippen LogP contribution in [0.1, 0.15) is 25.0 Å². The van der Waals surface area contributed by atoms with Gasteiger partial charge in [-0.2, -0.15) is 0 Å². The number of thiophene rings is 1. The van der Waals surface area contributed by atoms with Crippen LogP contribution in [0, 0.1) is 0 Å². The van der Waals surface area contributed by atoms with E-state index < -0.39 is 0 Å². The molecule has 0 saturated carbocycles. The second-order valence-corrected chi connectivity index (χ2v) is 14.0. The fourth-order valence-corrected chi connectivity index (χ4v) is 8.94. The van der Waals surface area contributed by atoms with E-state index in [1.54, 1.807) is 0 Å². The molecule has 0 atom stereocenters. The molecule has 2 aromatic heterocycles. The number of benzene rings is 7. The molecule has 0 spiro atoms. The summed E-state index contributed by atoms with van der Waals surface area (Å²) in [6.45, 7) is 4.70. The lowest BCUT2D eigenvalue weighted by molar-refractivity contribution is 0.660. The molecule has 0 fully saturated rings. The average molecular weight is 608 g/mol. The van der Waals surface area contributed by atoms with Gasteiger partial charge in [0, 0.05) is 53.3 Å². The van der Waals surface area contributed by atoms with Crippen LogP contribution in [0.5, 0.6) is 0 Å². The molecule has 1 aliphatic rings. The van der Waals surface area contributed by atoms with E-state index in [-0.39, 0.29) is 5.41 Å². The number of para-hydroxylation sites is 1. The molecule has 2 heterocycles. The highest BCUT2D eigenvalue weighted by Gasteiger charge is 2.37. The Labute approximate surface area is 270 Å². The quantitative estimate of drug-likeness (QED) is 0.199. The van der Waals surface area contributed by atoms with Crippen molar-refractivity contribution in [2.75, 3.05) is 4.90 Å². The maximum absolute atomic E-state index is 6.32. The van der Waals surface area contributed by atoms with Crippen molar-refractivity contribution in [2.24, 2.45) is 0 Å². The molecule has 46 heavy (non-hydrogen) atoms. The number of furan rings is 1. The summed E-state index contributed by atoms with van der Waals surface area (Å²) < 4.78 is 8.93. The Kier molecular flexibility index (Phi) is 5.25. The first kappa shape index (κ1) is 25.9. The molecule has 0 saturated heterocycles. The van der Waals surface area contributed by atoms with E-state index in [0.717, 1.165) is 38.7 Å². The molecule has 0 bridgehead atoms. The van der Waals surface area contributed by atoms with Crippen LogP contribution < -0.4 is 4.90 Å². The molecule has 7 aromatic carbocycles. The maximum atomic E-state index is 6.32. The Morgan fingerprint density at radius 2 is 1.26 bits per heavy atom. The summed E-state index contributed by atoms with van der Waals surface area (Å²) in [5.74, 6) is 0. The number of fused-ring (bicyclic) bond motifs is 10. The molecule has 0 amide bonds. The minimum atomic E-state index is -0.0840. The summed E-state index contributed by atoms with van der Waals surface area (Å²) in [4.78, 5) is 2.46.